The second kappa shape index (κ2) is 8.88. The molecule has 6 heteroatoms. The van der Waals surface area contributed by atoms with E-state index in [1.807, 2.05) is 31.2 Å². The predicted molar refractivity (Wildman–Crippen MR) is 102 cm³/mol. The molecular weight excluding hydrogens is 359 g/mol. The van der Waals surface area contributed by atoms with Gasteiger partial charge in [-0.25, -0.2) is 0 Å². The average molecular weight is 379 g/mol. The number of anilines is 1. The van der Waals surface area contributed by atoms with Gasteiger partial charge in [0.2, 0.25) is 11.8 Å². The van der Waals surface area contributed by atoms with E-state index in [4.69, 9.17) is 23.2 Å². The van der Waals surface area contributed by atoms with E-state index in [1.54, 1.807) is 23.1 Å². The SMILES string of the molecule is CC(=O)N(CCNC(=O)Cc1ccc(C)cc1)c1ccc(Cl)c(Cl)c1. The third-order valence-corrected chi connectivity index (χ3v) is 4.48. The number of carbonyl (C=O) groups excluding carboxylic acids is 2. The van der Waals surface area contributed by atoms with Crippen LogP contribution in [0, 0.1) is 6.92 Å². The number of nitrogens with zero attached hydrogens (tertiary/aromatic N) is 1. The number of amides is 2. The maximum atomic E-state index is 12.0. The first kappa shape index (κ1) is 19.3. The Balaban J connectivity index is 1.90. The molecule has 2 amide bonds. The zero-order valence-electron chi connectivity index (χ0n) is 14.2. The molecule has 2 aromatic carbocycles. The highest BCUT2D eigenvalue weighted by molar-refractivity contribution is 6.42. The third kappa shape index (κ3) is 5.76. The van der Waals surface area contributed by atoms with Gasteiger partial charge in [-0.1, -0.05) is 53.0 Å². The summed E-state index contributed by atoms with van der Waals surface area (Å²) in [5, 5.41) is 3.65. The van der Waals surface area contributed by atoms with Gasteiger partial charge in [0.05, 0.1) is 16.5 Å². The molecular formula is C19H20Cl2N2O2. The number of rotatable bonds is 6. The van der Waals surface area contributed by atoms with Gasteiger partial charge >= 0.3 is 0 Å². The van der Waals surface area contributed by atoms with E-state index in [1.165, 1.54) is 6.92 Å². The summed E-state index contributed by atoms with van der Waals surface area (Å²) >= 11 is 11.9. The van der Waals surface area contributed by atoms with Crippen LogP contribution in [0.3, 0.4) is 0 Å². The van der Waals surface area contributed by atoms with Crippen molar-refractivity contribution in [1.82, 2.24) is 5.32 Å². The molecule has 25 heavy (non-hydrogen) atoms. The van der Waals surface area contributed by atoms with Crippen molar-refractivity contribution < 1.29 is 9.59 Å². The van der Waals surface area contributed by atoms with Crippen molar-refractivity contribution in [1.29, 1.82) is 0 Å². The molecule has 0 aliphatic heterocycles. The zero-order valence-corrected chi connectivity index (χ0v) is 15.7. The van der Waals surface area contributed by atoms with Crippen LogP contribution in [0.2, 0.25) is 10.0 Å². The zero-order chi connectivity index (χ0) is 18.4. The molecule has 1 N–H and O–H groups in total. The van der Waals surface area contributed by atoms with E-state index < -0.39 is 0 Å². The molecule has 132 valence electrons. The van der Waals surface area contributed by atoms with Gasteiger partial charge in [-0.3, -0.25) is 9.59 Å². The van der Waals surface area contributed by atoms with Crippen LogP contribution in [0.5, 0.6) is 0 Å². The Hall–Kier alpha value is -2.04. The fourth-order valence-corrected chi connectivity index (χ4v) is 2.67. The molecule has 0 aliphatic rings. The van der Waals surface area contributed by atoms with Gasteiger partial charge < -0.3 is 10.2 Å². The highest BCUT2D eigenvalue weighted by atomic mass is 35.5. The van der Waals surface area contributed by atoms with Gasteiger partial charge in [0.1, 0.15) is 0 Å². The molecule has 2 aromatic rings. The quantitative estimate of drug-likeness (QED) is 0.825. The normalized spacial score (nSPS) is 10.4. The molecule has 0 heterocycles. The Labute approximate surface area is 157 Å². The number of hydrogen-bond donors (Lipinski definition) is 1. The minimum absolute atomic E-state index is 0.0820. The van der Waals surface area contributed by atoms with Crippen LogP contribution in [-0.2, 0) is 16.0 Å². The fraction of sp³-hybridized carbons (Fsp3) is 0.263. The summed E-state index contributed by atoms with van der Waals surface area (Å²) < 4.78 is 0. The maximum Gasteiger partial charge on any atom is 0.224 e. The van der Waals surface area contributed by atoms with Gasteiger partial charge in [-0.05, 0) is 30.7 Å². The van der Waals surface area contributed by atoms with Crippen molar-refractivity contribution in [2.75, 3.05) is 18.0 Å². The molecule has 0 saturated carbocycles. The van der Waals surface area contributed by atoms with E-state index in [0.29, 0.717) is 35.2 Å². The molecule has 0 aliphatic carbocycles. The minimum Gasteiger partial charge on any atom is -0.354 e. The molecule has 0 radical (unpaired) electrons. The molecule has 0 bridgehead atoms. The number of halogens is 2. The summed E-state index contributed by atoms with van der Waals surface area (Å²) in [6.45, 7) is 4.18. The number of carbonyl (C=O) groups is 2. The highest BCUT2D eigenvalue weighted by Crippen LogP contribution is 2.27. The van der Waals surface area contributed by atoms with Crippen LogP contribution in [0.4, 0.5) is 5.69 Å². The van der Waals surface area contributed by atoms with Crippen LogP contribution in [-0.4, -0.2) is 24.9 Å². The van der Waals surface area contributed by atoms with E-state index in [2.05, 4.69) is 5.32 Å². The Morgan fingerprint density at radius 1 is 1.04 bits per heavy atom. The number of nitrogens with one attached hydrogen (secondary N) is 1. The van der Waals surface area contributed by atoms with Crippen molar-refractivity contribution in [3.05, 3.63) is 63.6 Å². The smallest absolute Gasteiger partial charge is 0.224 e. The Kier molecular flexibility index (Phi) is 6.85. The fourth-order valence-electron chi connectivity index (χ4n) is 2.38. The maximum absolute atomic E-state index is 12.0. The summed E-state index contributed by atoms with van der Waals surface area (Å²) in [6.07, 6.45) is 0.313. The Bertz CT molecular complexity index is 761. The first-order valence-electron chi connectivity index (χ1n) is 7.92. The standard InChI is InChI=1S/C19H20Cl2N2O2/c1-13-3-5-15(6-4-13)11-19(25)22-9-10-23(14(2)24)16-7-8-17(20)18(21)12-16/h3-8,12H,9-11H2,1-2H3,(H,22,25). The van der Waals surface area contributed by atoms with E-state index in [9.17, 15) is 9.59 Å². The van der Waals surface area contributed by atoms with Crippen LogP contribution in [0.25, 0.3) is 0 Å². The van der Waals surface area contributed by atoms with Crippen LogP contribution < -0.4 is 10.2 Å². The van der Waals surface area contributed by atoms with Gasteiger partial charge in [0, 0.05) is 25.7 Å². The van der Waals surface area contributed by atoms with Crippen LogP contribution >= 0.6 is 23.2 Å². The molecule has 0 fully saturated rings. The van der Waals surface area contributed by atoms with Crippen molar-refractivity contribution in [3.63, 3.8) is 0 Å². The van der Waals surface area contributed by atoms with E-state index in [-0.39, 0.29) is 11.8 Å². The lowest BCUT2D eigenvalue weighted by Crippen LogP contribution is -2.38. The summed E-state index contributed by atoms with van der Waals surface area (Å²) in [4.78, 5) is 25.5. The Morgan fingerprint density at radius 3 is 2.32 bits per heavy atom. The second-order valence-corrected chi connectivity index (χ2v) is 6.60. The summed E-state index contributed by atoms with van der Waals surface area (Å²) in [6, 6.07) is 12.8. The molecule has 0 atom stereocenters. The summed E-state index contributed by atoms with van der Waals surface area (Å²) in [5.74, 6) is -0.215. The largest absolute Gasteiger partial charge is 0.354 e. The lowest BCUT2D eigenvalue weighted by Gasteiger charge is -2.22. The van der Waals surface area contributed by atoms with Crippen molar-refractivity contribution >= 4 is 40.7 Å². The van der Waals surface area contributed by atoms with Crippen molar-refractivity contribution in [2.45, 2.75) is 20.3 Å². The minimum atomic E-state index is -0.133. The number of aryl methyl sites for hydroxylation is 1. The summed E-state index contributed by atoms with van der Waals surface area (Å²) in [5.41, 5.74) is 2.76. The molecule has 0 unspecified atom stereocenters. The lowest BCUT2D eigenvalue weighted by molar-refractivity contribution is -0.121. The van der Waals surface area contributed by atoms with Crippen LogP contribution in [0.1, 0.15) is 18.1 Å². The molecule has 4 nitrogen and oxygen atoms in total. The lowest BCUT2D eigenvalue weighted by atomic mass is 10.1. The van der Waals surface area contributed by atoms with Gasteiger partial charge in [-0.15, -0.1) is 0 Å². The van der Waals surface area contributed by atoms with Crippen molar-refractivity contribution in [3.8, 4) is 0 Å². The van der Waals surface area contributed by atoms with E-state index in [0.717, 1.165) is 11.1 Å². The molecule has 2 rings (SSSR count). The topological polar surface area (TPSA) is 49.4 Å². The molecule has 0 spiro atoms. The van der Waals surface area contributed by atoms with E-state index >= 15 is 0 Å². The highest BCUT2D eigenvalue weighted by Gasteiger charge is 2.13. The molecule has 0 aromatic heterocycles. The third-order valence-electron chi connectivity index (χ3n) is 3.74. The first-order chi connectivity index (χ1) is 11.9. The van der Waals surface area contributed by atoms with Crippen molar-refractivity contribution in [2.24, 2.45) is 0 Å². The summed E-state index contributed by atoms with van der Waals surface area (Å²) in [7, 11) is 0. The monoisotopic (exact) mass is 378 g/mol. The first-order valence-corrected chi connectivity index (χ1v) is 8.68. The predicted octanol–water partition coefficient (Wildman–Crippen LogP) is 4.01. The van der Waals surface area contributed by atoms with Crippen LogP contribution in [0.15, 0.2) is 42.5 Å². The van der Waals surface area contributed by atoms with Gasteiger partial charge in [-0.2, -0.15) is 0 Å². The average Bonchev–Trinajstić information content (AvgIpc) is 2.56. The Morgan fingerprint density at radius 2 is 1.72 bits per heavy atom. The molecule has 0 saturated heterocycles. The second-order valence-electron chi connectivity index (χ2n) is 5.78. The van der Waals surface area contributed by atoms with Gasteiger partial charge in [0.25, 0.3) is 0 Å². The van der Waals surface area contributed by atoms with Gasteiger partial charge in [0.15, 0.2) is 0 Å². The number of hydrogen-bond acceptors (Lipinski definition) is 2. The number of benzene rings is 2.